The van der Waals surface area contributed by atoms with Gasteiger partial charge in [-0.1, -0.05) is 36.4 Å². The summed E-state index contributed by atoms with van der Waals surface area (Å²) in [5, 5.41) is 12.9. The van der Waals surface area contributed by atoms with Gasteiger partial charge in [0.25, 0.3) is 5.78 Å². The van der Waals surface area contributed by atoms with Crippen LogP contribution in [0.4, 0.5) is 5.69 Å². The summed E-state index contributed by atoms with van der Waals surface area (Å²) in [6.07, 6.45) is 0. The van der Waals surface area contributed by atoms with Crippen LogP contribution in [0.15, 0.2) is 48.5 Å². The normalized spacial score (nSPS) is 21.1. The van der Waals surface area contributed by atoms with Crippen LogP contribution in [0, 0.1) is 12.1 Å². The van der Waals surface area contributed by atoms with E-state index in [4.69, 9.17) is 0 Å². The van der Waals surface area contributed by atoms with Crippen molar-refractivity contribution in [3.8, 4) is 0 Å². The van der Waals surface area contributed by atoms with Crippen LogP contribution in [0.1, 0.15) is 21.5 Å². The van der Waals surface area contributed by atoms with Crippen molar-refractivity contribution in [3.63, 3.8) is 0 Å². The molecule has 3 rings (SSSR count). The zero-order valence-corrected chi connectivity index (χ0v) is 11.0. The van der Waals surface area contributed by atoms with Gasteiger partial charge in [-0.25, -0.2) is 4.79 Å². The maximum absolute atomic E-state index is 12.9. The number of ketones is 1. The van der Waals surface area contributed by atoms with Crippen LogP contribution in [-0.2, 0) is 11.3 Å². The van der Waals surface area contributed by atoms with E-state index in [0.717, 1.165) is 11.1 Å². The van der Waals surface area contributed by atoms with Crippen molar-refractivity contribution in [3.05, 3.63) is 70.4 Å². The molecule has 4 nitrogen and oxygen atoms in total. The van der Waals surface area contributed by atoms with Gasteiger partial charge in [0.05, 0.1) is 5.56 Å². The first-order chi connectivity index (χ1) is 9.52. The Bertz CT molecular complexity index is 709. The van der Waals surface area contributed by atoms with E-state index in [1.54, 1.807) is 42.5 Å². The fourth-order valence-electron chi connectivity index (χ4n) is 2.53. The molecule has 1 amide bonds. The summed E-state index contributed by atoms with van der Waals surface area (Å²) in [5.41, 5.74) is 2.07. The van der Waals surface area contributed by atoms with E-state index in [1.807, 2.05) is 13.0 Å². The van der Waals surface area contributed by atoms with E-state index in [0.29, 0.717) is 0 Å². The highest BCUT2D eigenvalue weighted by Gasteiger charge is 2.47. The lowest BCUT2D eigenvalue weighted by atomic mass is 10.1. The summed E-state index contributed by atoms with van der Waals surface area (Å²) in [6.45, 7) is 1.77. The van der Waals surface area contributed by atoms with E-state index >= 15 is 0 Å². The molecular formula is C16H13NO3. The molecule has 1 aliphatic heterocycles. The topological polar surface area (TPSA) is 57.2 Å². The molecule has 2 aromatic carbocycles. The minimum absolute atomic E-state index is 0.0541. The number of carbonyl (C=O) groups is 2. The number of Topliss-reactive ketones (excluding diaryl/α,β-unsaturated/α-hetero) is 1. The fourth-order valence-corrected chi connectivity index (χ4v) is 2.53. The van der Waals surface area contributed by atoms with Gasteiger partial charge in [-0.05, 0) is 18.6 Å². The molecule has 20 heavy (non-hydrogen) atoms. The second kappa shape index (κ2) is 4.37. The summed E-state index contributed by atoms with van der Waals surface area (Å²) >= 11 is 0. The number of carbonyl (C=O) groups excluding carboxylic acids is 2. The molecule has 1 aliphatic rings. The molecule has 0 radical (unpaired) electrons. The van der Waals surface area contributed by atoms with Crippen molar-refractivity contribution in [1.82, 2.24) is 4.65 Å². The third-order valence-corrected chi connectivity index (χ3v) is 3.56. The van der Waals surface area contributed by atoms with E-state index in [9.17, 15) is 14.8 Å². The maximum atomic E-state index is 12.9. The Morgan fingerprint density at radius 2 is 1.75 bits per heavy atom. The highest BCUT2D eigenvalue weighted by molar-refractivity contribution is 6.50. The summed E-state index contributed by atoms with van der Waals surface area (Å²) in [4.78, 5) is 24.1. The van der Waals surface area contributed by atoms with E-state index in [2.05, 4.69) is 0 Å². The van der Waals surface area contributed by atoms with Crippen molar-refractivity contribution < 1.29 is 9.59 Å². The maximum Gasteiger partial charge on any atom is 0.392 e. The number of aryl methyl sites for hydroxylation is 1. The van der Waals surface area contributed by atoms with Crippen molar-refractivity contribution in [2.24, 2.45) is 0 Å². The number of amides is 1. The summed E-state index contributed by atoms with van der Waals surface area (Å²) in [7, 11) is 0. The van der Waals surface area contributed by atoms with Gasteiger partial charge in [0.1, 0.15) is 6.54 Å². The van der Waals surface area contributed by atoms with Gasteiger partial charge in [-0.3, -0.25) is 9.44 Å². The molecule has 0 spiro atoms. The lowest BCUT2D eigenvalue weighted by molar-refractivity contribution is -0.123. The summed E-state index contributed by atoms with van der Waals surface area (Å²) < 4.78 is -1.22. The van der Waals surface area contributed by atoms with Crippen LogP contribution in [0.25, 0.3) is 0 Å². The van der Waals surface area contributed by atoms with E-state index in [1.165, 1.54) is 0 Å². The predicted molar refractivity (Wildman–Crippen MR) is 75.8 cm³/mol. The standard InChI is InChI=1S/C16H13NO3/c1-11-7-8-14-13(9-11)15(18)16(19)17(14,20)10-12-5-3-2-4-6-12/h2-9H,10H2,1H3. The van der Waals surface area contributed by atoms with Gasteiger partial charge in [0.15, 0.2) is 5.69 Å². The number of hydroxylamine groups is 2. The quantitative estimate of drug-likeness (QED) is 0.477. The molecule has 0 saturated carbocycles. The molecule has 0 fully saturated rings. The average molecular weight is 267 g/mol. The average Bonchev–Trinajstić information content (AvgIpc) is 2.62. The van der Waals surface area contributed by atoms with Gasteiger partial charge in [0.2, 0.25) is 0 Å². The SMILES string of the molecule is Cc1ccc2c(c1)C(=O)C(=O)[N+]2([O-])Cc1ccccc1. The molecule has 100 valence electrons. The number of hydrogen-bond acceptors (Lipinski definition) is 3. The molecule has 0 saturated heterocycles. The van der Waals surface area contributed by atoms with Crippen molar-refractivity contribution in [2.75, 3.05) is 0 Å². The first kappa shape index (κ1) is 12.7. The molecule has 4 heteroatoms. The van der Waals surface area contributed by atoms with Gasteiger partial charge < -0.3 is 5.21 Å². The Labute approximate surface area is 116 Å². The van der Waals surface area contributed by atoms with Crippen LogP contribution >= 0.6 is 0 Å². The van der Waals surface area contributed by atoms with Gasteiger partial charge >= 0.3 is 5.91 Å². The van der Waals surface area contributed by atoms with Crippen LogP contribution < -0.4 is 4.65 Å². The molecule has 0 aliphatic carbocycles. The minimum Gasteiger partial charge on any atom is -0.619 e. The lowest BCUT2D eigenvalue weighted by Crippen LogP contribution is -2.46. The smallest absolute Gasteiger partial charge is 0.392 e. The first-order valence-corrected chi connectivity index (χ1v) is 6.36. The largest absolute Gasteiger partial charge is 0.619 e. The fraction of sp³-hybridized carbons (Fsp3) is 0.125. The zero-order chi connectivity index (χ0) is 14.3. The number of hydrogen-bond donors (Lipinski definition) is 0. The second-order valence-corrected chi connectivity index (χ2v) is 5.04. The number of nitrogens with zero attached hydrogens (tertiary/aromatic N) is 1. The highest BCUT2D eigenvalue weighted by Crippen LogP contribution is 2.37. The molecule has 0 bridgehead atoms. The number of rotatable bonds is 2. The van der Waals surface area contributed by atoms with Crippen molar-refractivity contribution in [2.45, 2.75) is 13.5 Å². The molecular weight excluding hydrogens is 254 g/mol. The van der Waals surface area contributed by atoms with Crippen molar-refractivity contribution >= 4 is 17.4 Å². The Morgan fingerprint density at radius 3 is 2.45 bits per heavy atom. The molecule has 1 atom stereocenters. The number of benzene rings is 2. The van der Waals surface area contributed by atoms with E-state index in [-0.39, 0.29) is 17.8 Å². The second-order valence-electron chi connectivity index (χ2n) is 5.04. The molecule has 0 aromatic heterocycles. The van der Waals surface area contributed by atoms with Crippen LogP contribution in [-0.4, -0.2) is 11.7 Å². The van der Waals surface area contributed by atoms with Gasteiger partial charge in [-0.2, -0.15) is 0 Å². The number of quaternary nitrogens is 1. The van der Waals surface area contributed by atoms with Gasteiger partial charge in [0, 0.05) is 11.6 Å². The predicted octanol–water partition coefficient (Wildman–Crippen LogP) is 2.72. The highest BCUT2D eigenvalue weighted by atomic mass is 16.6. The molecule has 0 N–H and O–H groups in total. The Kier molecular flexibility index (Phi) is 2.78. The summed E-state index contributed by atoms with van der Waals surface area (Å²) in [6, 6.07) is 14.0. The molecule has 1 heterocycles. The minimum atomic E-state index is -1.22. The van der Waals surface area contributed by atoms with Crippen LogP contribution in [0.5, 0.6) is 0 Å². The first-order valence-electron chi connectivity index (χ1n) is 6.36. The Morgan fingerprint density at radius 1 is 1.05 bits per heavy atom. The van der Waals surface area contributed by atoms with Crippen LogP contribution in [0.3, 0.4) is 0 Å². The third-order valence-electron chi connectivity index (χ3n) is 3.56. The Balaban J connectivity index is 2.10. The van der Waals surface area contributed by atoms with Crippen LogP contribution in [0.2, 0.25) is 0 Å². The zero-order valence-electron chi connectivity index (χ0n) is 11.0. The Hall–Kier alpha value is -2.30. The van der Waals surface area contributed by atoms with Crippen molar-refractivity contribution in [1.29, 1.82) is 0 Å². The third kappa shape index (κ3) is 1.78. The molecule has 1 unspecified atom stereocenters. The number of fused-ring (bicyclic) bond motifs is 1. The summed E-state index contributed by atoms with van der Waals surface area (Å²) in [5.74, 6) is -1.59. The molecule has 2 aromatic rings. The lowest BCUT2D eigenvalue weighted by Gasteiger charge is -2.34. The van der Waals surface area contributed by atoms with Gasteiger partial charge in [-0.15, -0.1) is 0 Å². The van der Waals surface area contributed by atoms with E-state index < -0.39 is 16.3 Å². The monoisotopic (exact) mass is 267 g/mol.